The van der Waals surface area contributed by atoms with E-state index in [1.807, 2.05) is 6.92 Å². The first-order valence-corrected chi connectivity index (χ1v) is 8.58. The SMILES string of the molecule is Cc1nc([C@@H]2CCCN2C(=O)c2cc3c([nH]c2=O)CCCC3)n[nH]1. The molecule has 0 radical (unpaired) electrons. The molecule has 7 nitrogen and oxygen atoms in total. The van der Waals surface area contributed by atoms with Crippen molar-refractivity contribution in [1.29, 1.82) is 0 Å². The minimum Gasteiger partial charge on any atom is -0.328 e. The molecule has 2 N–H and O–H groups in total. The number of fused-ring (bicyclic) bond motifs is 1. The third-order valence-electron chi connectivity index (χ3n) is 4.99. The van der Waals surface area contributed by atoms with Gasteiger partial charge in [-0.15, -0.1) is 0 Å². The van der Waals surface area contributed by atoms with E-state index in [2.05, 4.69) is 20.2 Å². The molecule has 4 rings (SSSR count). The highest BCUT2D eigenvalue weighted by Gasteiger charge is 2.34. The van der Waals surface area contributed by atoms with Crippen LogP contribution in [-0.2, 0) is 12.8 Å². The number of pyridine rings is 1. The highest BCUT2D eigenvalue weighted by molar-refractivity contribution is 5.94. The maximum absolute atomic E-state index is 13.0. The van der Waals surface area contributed by atoms with Crippen LogP contribution >= 0.6 is 0 Å². The number of amides is 1. The number of aromatic amines is 2. The van der Waals surface area contributed by atoms with Crippen LogP contribution in [-0.4, -0.2) is 37.5 Å². The van der Waals surface area contributed by atoms with Crippen LogP contribution in [0.5, 0.6) is 0 Å². The molecule has 0 spiro atoms. The summed E-state index contributed by atoms with van der Waals surface area (Å²) in [7, 11) is 0. The first-order chi connectivity index (χ1) is 11.6. The highest BCUT2D eigenvalue weighted by Crippen LogP contribution is 2.31. The predicted octanol–water partition coefficient (Wildman–Crippen LogP) is 1.66. The van der Waals surface area contributed by atoms with Crippen LogP contribution in [0.4, 0.5) is 0 Å². The van der Waals surface area contributed by atoms with Crippen LogP contribution in [0.2, 0.25) is 0 Å². The molecule has 7 heteroatoms. The Kier molecular flexibility index (Phi) is 3.70. The molecule has 2 aromatic rings. The van der Waals surface area contributed by atoms with Crippen LogP contribution in [0.25, 0.3) is 0 Å². The number of carbonyl (C=O) groups excluding carboxylic acids is 1. The quantitative estimate of drug-likeness (QED) is 0.877. The average Bonchev–Trinajstić information content (AvgIpc) is 3.22. The number of aromatic nitrogens is 4. The lowest BCUT2D eigenvalue weighted by atomic mass is 9.95. The molecular formula is C17H21N5O2. The van der Waals surface area contributed by atoms with E-state index >= 15 is 0 Å². The van der Waals surface area contributed by atoms with Crippen LogP contribution in [0, 0.1) is 6.92 Å². The van der Waals surface area contributed by atoms with Gasteiger partial charge in [-0.2, -0.15) is 5.10 Å². The molecule has 0 saturated carbocycles. The Morgan fingerprint density at radius 1 is 1.29 bits per heavy atom. The Morgan fingerprint density at radius 3 is 2.92 bits per heavy atom. The second-order valence-corrected chi connectivity index (χ2v) is 6.66. The fraction of sp³-hybridized carbons (Fsp3) is 0.529. The smallest absolute Gasteiger partial charge is 0.261 e. The molecule has 1 aliphatic carbocycles. The fourth-order valence-corrected chi connectivity index (χ4v) is 3.78. The number of rotatable bonds is 2. The van der Waals surface area contributed by atoms with Gasteiger partial charge in [0.1, 0.15) is 11.4 Å². The first-order valence-electron chi connectivity index (χ1n) is 8.58. The summed E-state index contributed by atoms with van der Waals surface area (Å²) >= 11 is 0. The van der Waals surface area contributed by atoms with Gasteiger partial charge >= 0.3 is 0 Å². The van der Waals surface area contributed by atoms with Crippen molar-refractivity contribution in [3.63, 3.8) is 0 Å². The van der Waals surface area contributed by atoms with Gasteiger partial charge in [0.2, 0.25) is 0 Å². The van der Waals surface area contributed by atoms with Crippen molar-refractivity contribution in [3.05, 3.63) is 44.9 Å². The molecule has 1 amide bonds. The van der Waals surface area contributed by atoms with Crippen molar-refractivity contribution in [2.45, 2.75) is 51.5 Å². The zero-order valence-electron chi connectivity index (χ0n) is 13.8. The minimum atomic E-state index is -0.280. The van der Waals surface area contributed by atoms with Crippen molar-refractivity contribution in [1.82, 2.24) is 25.1 Å². The molecule has 3 heterocycles. The van der Waals surface area contributed by atoms with Gasteiger partial charge in [0.25, 0.3) is 11.5 Å². The van der Waals surface area contributed by atoms with Gasteiger partial charge < -0.3 is 9.88 Å². The summed E-state index contributed by atoms with van der Waals surface area (Å²) in [5, 5.41) is 7.03. The number of H-pyrrole nitrogens is 2. The van der Waals surface area contributed by atoms with E-state index in [1.54, 1.807) is 11.0 Å². The second kappa shape index (κ2) is 5.89. The van der Waals surface area contributed by atoms with Gasteiger partial charge in [0.15, 0.2) is 5.82 Å². The van der Waals surface area contributed by atoms with Gasteiger partial charge in [0, 0.05) is 12.2 Å². The van der Waals surface area contributed by atoms with E-state index in [0.29, 0.717) is 12.4 Å². The van der Waals surface area contributed by atoms with Crippen molar-refractivity contribution < 1.29 is 4.79 Å². The molecule has 2 aromatic heterocycles. The second-order valence-electron chi connectivity index (χ2n) is 6.66. The Hall–Kier alpha value is -2.44. The van der Waals surface area contributed by atoms with Crippen LogP contribution < -0.4 is 5.56 Å². The summed E-state index contributed by atoms with van der Waals surface area (Å²) in [5.41, 5.74) is 2.06. The van der Waals surface area contributed by atoms with Crippen molar-refractivity contribution in [2.24, 2.45) is 0 Å². The van der Waals surface area contributed by atoms with E-state index in [1.165, 1.54) is 0 Å². The molecular weight excluding hydrogens is 306 g/mol. The number of hydrogen-bond donors (Lipinski definition) is 2. The summed E-state index contributed by atoms with van der Waals surface area (Å²) in [6.45, 7) is 2.47. The summed E-state index contributed by atoms with van der Waals surface area (Å²) in [4.78, 5) is 34.4. The van der Waals surface area contributed by atoms with Crippen molar-refractivity contribution in [3.8, 4) is 0 Å². The monoisotopic (exact) mass is 327 g/mol. The third-order valence-corrected chi connectivity index (χ3v) is 4.99. The Bertz CT molecular complexity index is 838. The van der Waals surface area contributed by atoms with Crippen LogP contribution in [0.1, 0.15) is 65.0 Å². The van der Waals surface area contributed by atoms with E-state index < -0.39 is 0 Å². The predicted molar refractivity (Wildman–Crippen MR) is 87.8 cm³/mol. The third kappa shape index (κ3) is 2.53. The number of nitrogens with one attached hydrogen (secondary N) is 2. The molecule has 1 atom stereocenters. The maximum atomic E-state index is 13.0. The van der Waals surface area contributed by atoms with Gasteiger partial charge in [-0.1, -0.05) is 0 Å². The van der Waals surface area contributed by atoms with Crippen molar-refractivity contribution >= 4 is 5.91 Å². The summed E-state index contributed by atoms with van der Waals surface area (Å²) in [5.74, 6) is 1.15. The van der Waals surface area contributed by atoms with Crippen molar-refractivity contribution in [2.75, 3.05) is 6.54 Å². The Labute approximate surface area is 139 Å². The number of carbonyl (C=O) groups is 1. The normalized spacial score (nSPS) is 20.2. The number of likely N-dealkylation sites (tertiary alicyclic amines) is 1. The molecule has 1 saturated heterocycles. The van der Waals surface area contributed by atoms with Gasteiger partial charge in [-0.05, 0) is 57.1 Å². The van der Waals surface area contributed by atoms with Crippen LogP contribution in [0.15, 0.2) is 10.9 Å². The molecule has 1 aliphatic heterocycles. The minimum absolute atomic E-state index is 0.155. The molecule has 0 aromatic carbocycles. The van der Waals surface area contributed by atoms with E-state index in [9.17, 15) is 9.59 Å². The Morgan fingerprint density at radius 2 is 2.12 bits per heavy atom. The lowest BCUT2D eigenvalue weighted by Gasteiger charge is -2.23. The highest BCUT2D eigenvalue weighted by atomic mass is 16.2. The topological polar surface area (TPSA) is 94.7 Å². The summed E-state index contributed by atoms with van der Waals surface area (Å²) < 4.78 is 0. The molecule has 1 fully saturated rings. The van der Waals surface area contributed by atoms with E-state index in [-0.39, 0.29) is 23.1 Å². The largest absolute Gasteiger partial charge is 0.328 e. The fourth-order valence-electron chi connectivity index (χ4n) is 3.78. The van der Waals surface area contributed by atoms with E-state index in [4.69, 9.17) is 0 Å². The van der Waals surface area contributed by atoms with E-state index in [0.717, 1.165) is 55.6 Å². The number of hydrogen-bond acceptors (Lipinski definition) is 4. The maximum Gasteiger partial charge on any atom is 0.261 e. The van der Waals surface area contributed by atoms with Gasteiger partial charge in [-0.25, -0.2) is 4.98 Å². The standard InChI is InChI=1S/C17H21N5O2/c1-10-18-15(21-20-10)14-7-4-8-22(14)17(24)12-9-11-5-2-3-6-13(11)19-16(12)23/h9,14H,2-8H2,1H3,(H,19,23)(H,18,20,21)/t14-/m0/s1. The summed E-state index contributed by atoms with van der Waals surface area (Å²) in [6, 6.07) is 1.65. The lowest BCUT2D eigenvalue weighted by Crippen LogP contribution is -2.35. The lowest BCUT2D eigenvalue weighted by molar-refractivity contribution is 0.0728. The number of nitrogens with zero attached hydrogens (tertiary/aromatic N) is 3. The number of aryl methyl sites for hydroxylation is 3. The summed E-state index contributed by atoms with van der Waals surface area (Å²) in [6.07, 6.45) is 5.74. The zero-order valence-corrected chi connectivity index (χ0v) is 13.8. The average molecular weight is 327 g/mol. The molecule has 126 valence electrons. The van der Waals surface area contributed by atoms with Gasteiger partial charge in [0.05, 0.1) is 6.04 Å². The molecule has 24 heavy (non-hydrogen) atoms. The molecule has 0 unspecified atom stereocenters. The molecule has 2 aliphatic rings. The van der Waals surface area contributed by atoms with Gasteiger partial charge in [-0.3, -0.25) is 14.7 Å². The van der Waals surface area contributed by atoms with Crippen LogP contribution in [0.3, 0.4) is 0 Å². The first kappa shape index (κ1) is 15.1. The zero-order chi connectivity index (χ0) is 16.7. The Balaban J connectivity index is 1.67. The molecule has 0 bridgehead atoms.